The van der Waals surface area contributed by atoms with Crippen molar-refractivity contribution in [1.29, 1.82) is 0 Å². The van der Waals surface area contributed by atoms with Gasteiger partial charge in [-0.3, -0.25) is 4.79 Å². The molecule has 1 aromatic rings. The summed E-state index contributed by atoms with van der Waals surface area (Å²) in [6.07, 6.45) is 4.03. The Morgan fingerprint density at radius 1 is 1.41 bits per heavy atom. The zero-order valence-corrected chi connectivity index (χ0v) is 14.2. The number of hydrogen-bond acceptors (Lipinski definition) is 4. The van der Waals surface area contributed by atoms with Gasteiger partial charge < -0.3 is 10.3 Å². The molecule has 7 nitrogen and oxygen atoms in total. The van der Waals surface area contributed by atoms with Crippen molar-refractivity contribution >= 4 is 15.9 Å². The van der Waals surface area contributed by atoms with Crippen molar-refractivity contribution in [3.8, 4) is 0 Å². The largest absolute Gasteiger partial charge is 0.369 e. The average Bonchev–Trinajstić information content (AvgIpc) is 2.80. The summed E-state index contributed by atoms with van der Waals surface area (Å²) in [6.45, 7) is 4.38. The molecule has 0 unspecified atom stereocenters. The molecule has 1 fully saturated rings. The molecule has 1 aromatic heterocycles. The lowest BCUT2D eigenvalue weighted by Crippen LogP contribution is -2.48. The molecule has 124 valence electrons. The maximum Gasteiger partial charge on any atom is 0.262 e. The van der Waals surface area contributed by atoms with E-state index in [-0.39, 0.29) is 10.9 Å². The third-order valence-electron chi connectivity index (χ3n) is 4.62. The number of sulfonamides is 1. The van der Waals surface area contributed by atoms with Gasteiger partial charge in [-0.2, -0.15) is 4.31 Å². The van der Waals surface area contributed by atoms with Crippen LogP contribution in [-0.4, -0.2) is 41.3 Å². The van der Waals surface area contributed by atoms with E-state index >= 15 is 0 Å². The fourth-order valence-electron chi connectivity index (χ4n) is 3.04. The fraction of sp³-hybridized carbons (Fsp3) is 0.714. The van der Waals surface area contributed by atoms with Gasteiger partial charge in [0.1, 0.15) is 5.82 Å². The van der Waals surface area contributed by atoms with Gasteiger partial charge in [0.2, 0.25) is 5.91 Å². The van der Waals surface area contributed by atoms with E-state index in [4.69, 9.17) is 5.73 Å². The lowest BCUT2D eigenvalue weighted by atomic mass is 9.75. The summed E-state index contributed by atoms with van der Waals surface area (Å²) in [5, 5.41) is 0.0644. The van der Waals surface area contributed by atoms with Crippen molar-refractivity contribution in [2.75, 3.05) is 13.1 Å². The molecular formula is C14H24N4O3S. The number of piperidine rings is 1. The van der Waals surface area contributed by atoms with Gasteiger partial charge in [-0.1, -0.05) is 13.3 Å². The van der Waals surface area contributed by atoms with Crippen LogP contribution < -0.4 is 5.73 Å². The molecule has 0 radical (unpaired) electrons. The van der Waals surface area contributed by atoms with Gasteiger partial charge in [0.25, 0.3) is 10.0 Å². The van der Waals surface area contributed by atoms with Crippen LogP contribution in [0.4, 0.5) is 0 Å². The number of nitrogens with two attached hydrogens (primary N) is 1. The highest BCUT2D eigenvalue weighted by Crippen LogP contribution is 2.37. The highest BCUT2D eigenvalue weighted by molar-refractivity contribution is 7.89. The Balaban J connectivity index is 2.18. The molecule has 1 amide bonds. The van der Waals surface area contributed by atoms with E-state index in [0.717, 1.165) is 6.42 Å². The topological polar surface area (TPSA) is 98.3 Å². The van der Waals surface area contributed by atoms with E-state index in [9.17, 15) is 13.2 Å². The second-order valence-electron chi connectivity index (χ2n) is 6.04. The van der Waals surface area contributed by atoms with Crippen LogP contribution in [0.3, 0.4) is 0 Å². The number of nitrogens with zero attached hydrogens (tertiary/aromatic N) is 3. The SMILES string of the molecule is CCCC1(C(N)=O)CCN(S(=O)(=O)c2cn(C)c(C)n2)CC1. The number of carbonyl (C=O) groups excluding carboxylic acids is 1. The van der Waals surface area contributed by atoms with Crippen molar-refractivity contribution in [3.63, 3.8) is 0 Å². The van der Waals surface area contributed by atoms with Crippen LogP contribution in [0.15, 0.2) is 11.2 Å². The number of imidazole rings is 1. The molecule has 1 aliphatic heterocycles. The summed E-state index contributed by atoms with van der Waals surface area (Å²) in [6, 6.07) is 0. The maximum atomic E-state index is 12.6. The minimum absolute atomic E-state index is 0.0644. The molecule has 22 heavy (non-hydrogen) atoms. The van der Waals surface area contributed by atoms with Crippen LogP contribution >= 0.6 is 0 Å². The first-order valence-corrected chi connectivity index (χ1v) is 8.97. The standard InChI is InChI=1S/C14H24N4O3S/c1-4-5-14(13(15)19)6-8-18(9-7-14)22(20,21)12-10-17(3)11(2)16-12/h10H,4-9H2,1-3H3,(H2,15,19). The number of hydrogen-bond donors (Lipinski definition) is 1. The molecule has 0 aromatic carbocycles. The quantitative estimate of drug-likeness (QED) is 0.863. The van der Waals surface area contributed by atoms with Gasteiger partial charge >= 0.3 is 0 Å². The van der Waals surface area contributed by atoms with Crippen LogP contribution in [-0.2, 0) is 21.9 Å². The summed E-state index contributed by atoms with van der Waals surface area (Å²) in [7, 11) is -1.84. The third kappa shape index (κ3) is 2.89. The molecular weight excluding hydrogens is 304 g/mol. The number of primary amides is 1. The zero-order chi connectivity index (χ0) is 16.5. The second kappa shape index (κ2) is 6.00. The molecule has 0 saturated carbocycles. The van der Waals surface area contributed by atoms with Crippen molar-refractivity contribution in [3.05, 3.63) is 12.0 Å². The van der Waals surface area contributed by atoms with Gasteiger partial charge in [0.05, 0.1) is 5.41 Å². The molecule has 2 N–H and O–H groups in total. The average molecular weight is 328 g/mol. The molecule has 1 saturated heterocycles. The van der Waals surface area contributed by atoms with Crippen molar-refractivity contribution in [2.45, 2.75) is 44.6 Å². The summed E-state index contributed by atoms with van der Waals surface area (Å²) in [5.41, 5.74) is 4.99. The number of rotatable bonds is 5. The van der Waals surface area contributed by atoms with Gasteiger partial charge in [0.15, 0.2) is 5.03 Å². The Morgan fingerprint density at radius 2 is 2.00 bits per heavy atom. The monoisotopic (exact) mass is 328 g/mol. The third-order valence-corrected chi connectivity index (χ3v) is 6.39. The summed E-state index contributed by atoms with van der Waals surface area (Å²) >= 11 is 0. The van der Waals surface area contributed by atoms with Crippen LogP contribution in [0.2, 0.25) is 0 Å². The smallest absolute Gasteiger partial charge is 0.262 e. The van der Waals surface area contributed by atoms with Crippen LogP contribution in [0.5, 0.6) is 0 Å². The Labute approximate surface area is 131 Å². The van der Waals surface area contributed by atoms with Gasteiger partial charge in [0, 0.05) is 26.3 Å². The molecule has 2 heterocycles. The van der Waals surface area contributed by atoms with Gasteiger partial charge in [-0.25, -0.2) is 13.4 Å². The van der Waals surface area contributed by atoms with E-state index in [2.05, 4.69) is 4.98 Å². The van der Waals surface area contributed by atoms with E-state index in [1.807, 2.05) is 6.92 Å². The van der Waals surface area contributed by atoms with E-state index in [1.165, 1.54) is 10.5 Å². The molecule has 8 heteroatoms. The lowest BCUT2D eigenvalue weighted by molar-refractivity contribution is -0.130. The number of amides is 1. The number of carbonyl (C=O) groups is 1. The minimum atomic E-state index is -3.61. The number of aryl methyl sites for hydroxylation is 2. The van der Waals surface area contributed by atoms with Crippen molar-refractivity contribution in [1.82, 2.24) is 13.9 Å². The normalized spacial score (nSPS) is 19.2. The number of aromatic nitrogens is 2. The van der Waals surface area contributed by atoms with Gasteiger partial charge in [-0.05, 0) is 26.2 Å². The van der Waals surface area contributed by atoms with E-state index < -0.39 is 15.4 Å². The van der Waals surface area contributed by atoms with Gasteiger partial charge in [-0.15, -0.1) is 0 Å². The van der Waals surface area contributed by atoms with Crippen LogP contribution in [0, 0.1) is 12.3 Å². The van der Waals surface area contributed by atoms with E-state index in [0.29, 0.717) is 38.2 Å². The molecule has 0 spiro atoms. The fourth-order valence-corrected chi connectivity index (χ4v) is 4.50. The van der Waals surface area contributed by atoms with Crippen LogP contribution in [0.25, 0.3) is 0 Å². The first kappa shape index (κ1) is 17.0. The Morgan fingerprint density at radius 3 is 2.41 bits per heavy atom. The Bertz CT molecular complexity index is 638. The minimum Gasteiger partial charge on any atom is -0.369 e. The molecule has 0 atom stereocenters. The first-order valence-electron chi connectivity index (χ1n) is 7.53. The maximum absolute atomic E-state index is 12.6. The van der Waals surface area contributed by atoms with E-state index in [1.54, 1.807) is 18.5 Å². The Hall–Kier alpha value is -1.41. The van der Waals surface area contributed by atoms with Crippen LogP contribution in [0.1, 0.15) is 38.4 Å². The highest BCUT2D eigenvalue weighted by atomic mass is 32.2. The summed E-state index contributed by atoms with van der Waals surface area (Å²) in [4.78, 5) is 15.9. The zero-order valence-electron chi connectivity index (χ0n) is 13.4. The van der Waals surface area contributed by atoms with Crippen molar-refractivity contribution in [2.24, 2.45) is 18.2 Å². The summed E-state index contributed by atoms with van der Waals surface area (Å²) < 4.78 is 28.3. The molecule has 0 bridgehead atoms. The highest BCUT2D eigenvalue weighted by Gasteiger charge is 2.42. The lowest BCUT2D eigenvalue weighted by Gasteiger charge is -2.38. The first-order chi connectivity index (χ1) is 10.2. The van der Waals surface area contributed by atoms with Crippen molar-refractivity contribution < 1.29 is 13.2 Å². The molecule has 2 rings (SSSR count). The molecule has 1 aliphatic rings. The predicted molar refractivity (Wildman–Crippen MR) is 82.5 cm³/mol. The molecule has 0 aliphatic carbocycles. The predicted octanol–water partition coefficient (Wildman–Crippen LogP) is 0.785. The Kier molecular flexibility index (Phi) is 4.62. The second-order valence-corrected chi connectivity index (χ2v) is 7.92. The summed E-state index contributed by atoms with van der Waals surface area (Å²) in [5.74, 6) is 0.327.